The van der Waals surface area contributed by atoms with Gasteiger partial charge in [-0.3, -0.25) is 4.79 Å². The molecule has 2 N–H and O–H groups in total. The number of anilines is 1. The second-order valence-corrected chi connectivity index (χ2v) is 7.26. The molecule has 1 aliphatic heterocycles. The van der Waals surface area contributed by atoms with Gasteiger partial charge in [-0.2, -0.15) is 5.26 Å². The van der Waals surface area contributed by atoms with Crippen molar-refractivity contribution in [3.63, 3.8) is 0 Å². The van der Waals surface area contributed by atoms with Crippen molar-refractivity contribution in [1.29, 1.82) is 5.26 Å². The second-order valence-electron chi connectivity index (χ2n) is 7.26. The van der Waals surface area contributed by atoms with Gasteiger partial charge in [0.25, 0.3) is 0 Å². The van der Waals surface area contributed by atoms with E-state index in [0.29, 0.717) is 55.1 Å². The summed E-state index contributed by atoms with van der Waals surface area (Å²) in [6.45, 7) is 5.41. The summed E-state index contributed by atoms with van der Waals surface area (Å²) >= 11 is 0. The quantitative estimate of drug-likeness (QED) is 0.749. The summed E-state index contributed by atoms with van der Waals surface area (Å²) in [5, 5.41) is 22.0. The lowest BCUT2D eigenvalue weighted by Crippen LogP contribution is -2.52. The highest BCUT2D eigenvalue weighted by Gasteiger charge is 2.32. The van der Waals surface area contributed by atoms with Crippen LogP contribution in [0.1, 0.15) is 39.7 Å². The molecule has 0 unspecified atom stereocenters. The van der Waals surface area contributed by atoms with E-state index >= 15 is 0 Å². The van der Waals surface area contributed by atoms with E-state index in [-0.39, 0.29) is 17.4 Å². The molecule has 7 heteroatoms. The average molecular weight is 392 g/mol. The molecule has 3 rings (SSSR count). The number of carboxylic acids is 1. The molecule has 1 aromatic carbocycles. The molecule has 2 heterocycles. The van der Waals surface area contributed by atoms with E-state index in [4.69, 9.17) is 0 Å². The third-order valence-electron chi connectivity index (χ3n) is 5.19. The van der Waals surface area contributed by atoms with E-state index in [2.05, 4.69) is 16.4 Å². The fourth-order valence-corrected chi connectivity index (χ4v) is 3.71. The highest BCUT2D eigenvalue weighted by molar-refractivity contribution is 5.92. The van der Waals surface area contributed by atoms with Crippen molar-refractivity contribution >= 4 is 17.7 Å². The number of hydrogen-bond acceptors (Lipinski definition) is 5. The van der Waals surface area contributed by atoms with E-state index in [9.17, 15) is 20.0 Å². The highest BCUT2D eigenvalue weighted by Crippen LogP contribution is 2.31. The minimum Gasteiger partial charge on any atom is -0.478 e. The monoisotopic (exact) mass is 392 g/mol. The van der Waals surface area contributed by atoms with E-state index < -0.39 is 5.97 Å². The molecule has 1 fully saturated rings. The van der Waals surface area contributed by atoms with Gasteiger partial charge in [-0.05, 0) is 24.5 Å². The predicted molar refractivity (Wildman–Crippen MR) is 109 cm³/mol. The lowest BCUT2D eigenvalue weighted by molar-refractivity contribution is -0.120. The Balaban J connectivity index is 1.62. The van der Waals surface area contributed by atoms with Gasteiger partial charge < -0.3 is 15.3 Å². The number of rotatable bonds is 7. The van der Waals surface area contributed by atoms with Crippen LogP contribution in [0.2, 0.25) is 0 Å². The Morgan fingerprint density at radius 3 is 2.59 bits per heavy atom. The summed E-state index contributed by atoms with van der Waals surface area (Å²) in [4.78, 5) is 30.1. The number of pyridine rings is 1. The number of carboxylic acid groups (broad SMARTS) is 1. The topological polar surface area (TPSA) is 106 Å². The van der Waals surface area contributed by atoms with Crippen LogP contribution in [-0.2, 0) is 17.6 Å². The number of nitriles is 1. The molecule has 0 aliphatic carbocycles. The number of aryl methyl sites for hydroxylation is 1. The fraction of sp³-hybridized carbons (Fsp3) is 0.364. The van der Waals surface area contributed by atoms with Crippen molar-refractivity contribution in [3.05, 3.63) is 58.3 Å². The molecule has 29 heavy (non-hydrogen) atoms. The average Bonchev–Trinajstić information content (AvgIpc) is 2.66. The first-order valence-corrected chi connectivity index (χ1v) is 9.67. The molecular weight excluding hydrogens is 368 g/mol. The molecule has 1 saturated heterocycles. The van der Waals surface area contributed by atoms with Crippen LogP contribution in [0.3, 0.4) is 0 Å². The highest BCUT2D eigenvalue weighted by atomic mass is 16.4. The molecule has 150 valence electrons. The molecule has 0 spiro atoms. The van der Waals surface area contributed by atoms with Crippen molar-refractivity contribution in [2.24, 2.45) is 5.92 Å². The van der Waals surface area contributed by atoms with Crippen LogP contribution in [0, 0.1) is 24.2 Å². The number of nitrogens with zero attached hydrogens (tertiary/aromatic N) is 3. The van der Waals surface area contributed by atoms with E-state index in [1.165, 1.54) is 0 Å². The molecule has 1 aliphatic rings. The Bertz CT molecular complexity index is 960. The maximum atomic E-state index is 12.1. The fourth-order valence-electron chi connectivity index (χ4n) is 3.71. The standard InChI is InChI=1S/C22H24N4O3/c1-3-17-18(10-23)21(25-14(2)20(17)22(28)29)26-12-16(13-26)11-24-19(27)9-15-7-5-4-6-8-15/h4-8,16H,3,9,11-13H2,1-2H3,(H,24,27)(H,28,29). The van der Waals surface area contributed by atoms with Crippen molar-refractivity contribution in [2.75, 3.05) is 24.5 Å². The SMILES string of the molecule is CCc1c(C#N)c(N2CC(CNC(=O)Cc3ccccc3)C2)nc(C)c1C(=O)O. The summed E-state index contributed by atoms with van der Waals surface area (Å²) in [7, 11) is 0. The number of amides is 1. The lowest BCUT2D eigenvalue weighted by atomic mass is 9.95. The Morgan fingerprint density at radius 2 is 2.00 bits per heavy atom. The Labute approximate surface area is 170 Å². The molecule has 0 bridgehead atoms. The van der Waals surface area contributed by atoms with E-state index in [0.717, 1.165) is 5.56 Å². The number of carbonyl (C=O) groups excluding carboxylic acids is 1. The Hall–Kier alpha value is -3.40. The minimum absolute atomic E-state index is 0.0135. The molecule has 0 saturated carbocycles. The first-order valence-electron chi connectivity index (χ1n) is 9.67. The zero-order chi connectivity index (χ0) is 21.0. The lowest BCUT2D eigenvalue weighted by Gasteiger charge is -2.41. The summed E-state index contributed by atoms with van der Waals surface area (Å²) in [5.41, 5.74) is 2.38. The summed E-state index contributed by atoms with van der Waals surface area (Å²) in [5.74, 6) is -0.260. The van der Waals surface area contributed by atoms with Gasteiger partial charge in [-0.1, -0.05) is 37.3 Å². The molecule has 1 aromatic heterocycles. The van der Waals surface area contributed by atoms with Gasteiger partial charge in [0.05, 0.1) is 23.2 Å². The van der Waals surface area contributed by atoms with Gasteiger partial charge in [0.2, 0.25) is 5.91 Å². The zero-order valence-electron chi connectivity index (χ0n) is 16.6. The molecule has 0 radical (unpaired) electrons. The number of carbonyl (C=O) groups is 2. The number of aromatic carboxylic acids is 1. The van der Waals surface area contributed by atoms with E-state index in [1.807, 2.05) is 42.2 Å². The molecular formula is C22H24N4O3. The van der Waals surface area contributed by atoms with Crippen molar-refractivity contribution in [2.45, 2.75) is 26.7 Å². The first-order chi connectivity index (χ1) is 13.9. The summed E-state index contributed by atoms with van der Waals surface area (Å²) < 4.78 is 0. The van der Waals surface area contributed by atoms with Crippen LogP contribution in [0.5, 0.6) is 0 Å². The van der Waals surface area contributed by atoms with Gasteiger partial charge in [-0.25, -0.2) is 9.78 Å². The van der Waals surface area contributed by atoms with Gasteiger partial charge in [0, 0.05) is 25.6 Å². The van der Waals surface area contributed by atoms with E-state index in [1.54, 1.807) is 6.92 Å². The van der Waals surface area contributed by atoms with Crippen LogP contribution >= 0.6 is 0 Å². The first kappa shape index (κ1) is 20.3. The largest absolute Gasteiger partial charge is 0.478 e. The predicted octanol–water partition coefficient (Wildman–Crippen LogP) is 2.32. The van der Waals surface area contributed by atoms with Gasteiger partial charge >= 0.3 is 5.97 Å². The second kappa shape index (κ2) is 8.74. The van der Waals surface area contributed by atoms with Gasteiger partial charge in [0.1, 0.15) is 11.9 Å². The normalized spacial score (nSPS) is 13.5. The molecule has 2 aromatic rings. The minimum atomic E-state index is -1.06. The van der Waals surface area contributed by atoms with Crippen LogP contribution in [0.15, 0.2) is 30.3 Å². The third-order valence-corrected chi connectivity index (χ3v) is 5.19. The molecule has 1 amide bonds. The number of benzene rings is 1. The van der Waals surface area contributed by atoms with Gasteiger partial charge in [0.15, 0.2) is 0 Å². The van der Waals surface area contributed by atoms with Crippen LogP contribution in [-0.4, -0.2) is 41.6 Å². The third kappa shape index (κ3) is 4.37. The Morgan fingerprint density at radius 1 is 1.31 bits per heavy atom. The maximum absolute atomic E-state index is 12.1. The van der Waals surface area contributed by atoms with Crippen molar-refractivity contribution in [3.8, 4) is 6.07 Å². The summed E-state index contributed by atoms with van der Waals surface area (Å²) in [6, 6.07) is 11.7. The Kier molecular flexibility index (Phi) is 6.13. The number of hydrogen-bond donors (Lipinski definition) is 2. The van der Waals surface area contributed by atoms with Crippen LogP contribution in [0.25, 0.3) is 0 Å². The number of aromatic nitrogens is 1. The zero-order valence-corrected chi connectivity index (χ0v) is 16.6. The van der Waals surface area contributed by atoms with Crippen LogP contribution in [0.4, 0.5) is 5.82 Å². The van der Waals surface area contributed by atoms with Crippen molar-refractivity contribution < 1.29 is 14.7 Å². The molecule has 0 atom stereocenters. The summed E-state index contributed by atoms with van der Waals surface area (Å²) in [6.07, 6.45) is 0.806. The smallest absolute Gasteiger partial charge is 0.337 e. The maximum Gasteiger partial charge on any atom is 0.337 e. The molecule has 7 nitrogen and oxygen atoms in total. The number of nitrogens with one attached hydrogen (secondary N) is 1. The van der Waals surface area contributed by atoms with Gasteiger partial charge in [-0.15, -0.1) is 0 Å². The van der Waals surface area contributed by atoms with Crippen molar-refractivity contribution in [1.82, 2.24) is 10.3 Å². The van der Waals surface area contributed by atoms with Crippen LogP contribution < -0.4 is 10.2 Å².